The van der Waals surface area contributed by atoms with Crippen LogP contribution in [-0.4, -0.2) is 64.0 Å². The molecule has 0 aromatic heterocycles. The molecule has 9 heteroatoms. The Morgan fingerprint density at radius 2 is 1.96 bits per heavy atom. The predicted octanol–water partition coefficient (Wildman–Crippen LogP) is 3.50. The average Bonchev–Trinajstić information content (AvgIpc) is 2.66. The first-order valence-electron chi connectivity index (χ1n) is 9.23. The number of alkyl halides is 2. The summed E-state index contributed by atoms with van der Waals surface area (Å²) in [6.45, 7) is 0.848. The average molecular weight is 513 g/mol. The van der Waals surface area contributed by atoms with Gasteiger partial charge in [-0.1, -0.05) is 12.1 Å². The molecule has 0 radical (unpaired) electrons. The molecular weight excluding hydrogens is 483 g/mol. The number of rotatable bonds is 9. The van der Waals surface area contributed by atoms with E-state index in [0.717, 1.165) is 50.5 Å². The van der Waals surface area contributed by atoms with Gasteiger partial charge in [0.2, 0.25) is 0 Å². The van der Waals surface area contributed by atoms with Crippen molar-refractivity contribution in [3.8, 4) is 5.75 Å². The maximum atomic E-state index is 12.2. The van der Waals surface area contributed by atoms with E-state index in [-0.39, 0.29) is 29.7 Å². The van der Waals surface area contributed by atoms with Crippen LogP contribution in [0.15, 0.2) is 29.3 Å². The highest BCUT2D eigenvalue weighted by atomic mass is 127. The summed E-state index contributed by atoms with van der Waals surface area (Å²) in [4.78, 5) is 6.25. The van der Waals surface area contributed by atoms with E-state index >= 15 is 0 Å². The second kappa shape index (κ2) is 13.9. The molecule has 0 aliphatic carbocycles. The molecule has 0 saturated carbocycles. The summed E-state index contributed by atoms with van der Waals surface area (Å²) >= 11 is 0. The lowest BCUT2D eigenvalue weighted by atomic mass is 10.1. The van der Waals surface area contributed by atoms with Crippen molar-refractivity contribution in [2.75, 3.05) is 40.5 Å². The van der Waals surface area contributed by atoms with Crippen molar-refractivity contribution in [2.45, 2.75) is 38.5 Å². The first-order valence-corrected chi connectivity index (χ1v) is 9.23. The van der Waals surface area contributed by atoms with Crippen molar-refractivity contribution >= 4 is 29.9 Å². The fraction of sp³-hybridized carbons (Fsp3) is 0.632. The minimum absolute atomic E-state index is 0. The molecule has 1 aromatic carbocycles. The summed E-state index contributed by atoms with van der Waals surface area (Å²) in [7, 11) is 3.66. The molecular formula is C19H30F2IN3O3. The summed E-state index contributed by atoms with van der Waals surface area (Å²) < 4.78 is 39.9. The van der Waals surface area contributed by atoms with Crippen LogP contribution in [0.5, 0.6) is 5.75 Å². The highest BCUT2D eigenvalue weighted by Gasteiger charge is 2.13. The van der Waals surface area contributed by atoms with E-state index in [0.29, 0.717) is 19.3 Å². The number of halogens is 3. The van der Waals surface area contributed by atoms with Crippen LogP contribution >= 0.6 is 24.0 Å². The van der Waals surface area contributed by atoms with Crippen LogP contribution in [-0.2, 0) is 16.0 Å². The molecule has 2 rings (SSSR count). The van der Waals surface area contributed by atoms with E-state index in [1.165, 1.54) is 0 Å². The number of hydrogen-bond acceptors (Lipinski definition) is 4. The number of guanidine groups is 1. The molecule has 0 spiro atoms. The van der Waals surface area contributed by atoms with Gasteiger partial charge in [-0.3, -0.25) is 4.99 Å². The lowest BCUT2D eigenvalue weighted by molar-refractivity contribution is -0.0498. The van der Waals surface area contributed by atoms with Gasteiger partial charge in [-0.05, 0) is 37.0 Å². The highest BCUT2D eigenvalue weighted by Crippen LogP contribution is 2.16. The van der Waals surface area contributed by atoms with Gasteiger partial charge in [0.25, 0.3) is 0 Å². The van der Waals surface area contributed by atoms with Gasteiger partial charge in [-0.2, -0.15) is 8.78 Å². The van der Waals surface area contributed by atoms with Gasteiger partial charge in [0.1, 0.15) is 5.75 Å². The Hall–Kier alpha value is -1.20. The maximum absolute atomic E-state index is 12.2. The summed E-state index contributed by atoms with van der Waals surface area (Å²) in [5.41, 5.74) is 0.977. The molecule has 1 fully saturated rings. The monoisotopic (exact) mass is 513 g/mol. The van der Waals surface area contributed by atoms with Crippen LogP contribution in [0, 0.1) is 0 Å². The minimum atomic E-state index is -2.81. The van der Waals surface area contributed by atoms with Crippen molar-refractivity contribution < 1.29 is 23.0 Å². The number of aliphatic imine (C=N–C) groups is 1. The van der Waals surface area contributed by atoms with E-state index in [4.69, 9.17) is 9.47 Å². The molecule has 1 saturated heterocycles. The molecule has 1 N–H and O–H groups in total. The topological polar surface area (TPSA) is 55.3 Å². The SMILES string of the molecule is CN=C(NCCCOC1CCOCC1)N(C)Cc1ccc(OC(F)F)cc1.I. The number of benzene rings is 1. The second-order valence-electron chi connectivity index (χ2n) is 6.39. The van der Waals surface area contributed by atoms with Crippen LogP contribution < -0.4 is 10.1 Å². The molecule has 1 aliphatic rings. The van der Waals surface area contributed by atoms with E-state index in [1.54, 1.807) is 31.3 Å². The van der Waals surface area contributed by atoms with Crippen molar-refractivity contribution in [3.05, 3.63) is 29.8 Å². The normalized spacial score (nSPS) is 15.2. The van der Waals surface area contributed by atoms with Crippen LogP contribution in [0.1, 0.15) is 24.8 Å². The first kappa shape index (κ1) is 24.8. The van der Waals surface area contributed by atoms with Crippen LogP contribution in [0.25, 0.3) is 0 Å². The molecule has 28 heavy (non-hydrogen) atoms. The lowest BCUT2D eigenvalue weighted by Gasteiger charge is -2.24. The van der Waals surface area contributed by atoms with Gasteiger partial charge in [-0.15, -0.1) is 24.0 Å². The Kier molecular flexibility index (Phi) is 12.3. The third-order valence-electron chi connectivity index (χ3n) is 4.27. The molecule has 1 aromatic rings. The fourth-order valence-corrected chi connectivity index (χ4v) is 2.87. The zero-order valence-corrected chi connectivity index (χ0v) is 18.7. The van der Waals surface area contributed by atoms with E-state index < -0.39 is 6.61 Å². The van der Waals surface area contributed by atoms with Crippen LogP contribution in [0.4, 0.5) is 8.78 Å². The van der Waals surface area contributed by atoms with E-state index in [2.05, 4.69) is 15.0 Å². The van der Waals surface area contributed by atoms with Gasteiger partial charge >= 0.3 is 6.61 Å². The van der Waals surface area contributed by atoms with Crippen LogP contribution in [0.3, 0.4) is 0 Å². The number of ether oxygens (including phenoxy) is 3. The predicted molar refractivity (Wildman–Crippen MR) is 116 cm³/mol. The third-order valence-corrected chi connectivity index (χ3v) is 4.27. The first-order chi connectivity index (χ1) is 13.1. The smallest absolute Gasteiger partial charge is 0.387 e. The lowest BCUT2D eigenvalue weighted by Crippen LogP contribution is -2.39. The maximum Gasteiger partial charge on any atom is 0.387 e. The zero-order chi connectivity index (χ0) is 19.5. The van der Waals surface area contributed by atoms with E-state index in [1.807, 2.05) is 11.9 Å². The summed E-state index contributed by atoms with van der Waals surface area (Å²) in [6.07, 6.45) is 3.15. The quantitative estimate of drug-likeness (QED) is 0.237. The van der Waals surface area contributed by atoms with Gasteiger partial charge in [0.05, 0.1) is 6.10 Å². The third kappa shape index (κ3) is 9.33. The van der Waals surface area contributed by atoms with E-state index in [9.17, 15) is 8.78 Å². The van der Waals surface area contributed by atoms with Gasteiger partial charge in [0, 0.05) is 47.0 Å². The largest absolute Gasteiger partial charge is 0.435 e. The van der Waals surface area contributed by atoms with Gasteiger partial charge in [0.15, 0.2) is 5.96 Å². The fourth-order valence-electron chi connectivity index (χ4n) is 2.87. The minimum Gasteiger partial charge on any atom is -0.435 e. The molecule has 0 bridgehead atoms. The van der Waals surface area contributed by atoms with Crippen molar-refractivity contribution in [2.24, 2.45) is 4.99 Å². The Bertz CT molecular complexity index is 570. The molecule has 1 heterocycles. The number of nitrogens with one attached hydrogen (secondary N) is 1. The molecule has 6 nitrogen and oxygen atoms in total. The van der Waals surface area contributed by atoms with Crippen molar-refractivity contribution in [1.29, 1.82) is 0 Å². The molecule has 0 amide bonds. The molecule has 160 valence electrons. The van der Waals surface area contributed by atoms with Gasteiger partial charge < -0.3 is 24.4 Å². The summed E-state index contributed by atoms with van der Waals surface area (Å²) in [5.74, 6) is 0.928. The van der Waals surface area contributed by atoms with Crippen molar-refractivity contribution in [1.82, 2.24) is 10.2 Å². The Balaban J connectivity index is 0.00000392. The standard InChI is InChI=1S/C19H29F2N3O3.HI/c1-22-19(23-10-3-11-26-16-8-12-25-13-9-16)24(2)14-15-4-6-17(7-5-15)27-18(20)21;/h4-7,16,18H,3,8-14H2,1-2H3,(H,22,23);1H. The highest BCUT2D eigenvalue weighted by molar-refractivity contribution is 14.0. The summed E-state index contributed by atoms with van der Waals surface area (Å²) in [5, 5.41) is 3.31. The van der Waals surface area contributed by atoms with Crippen LogP contribution in [0.2, 0.25) is 0 Å². The number of hydrogen-bond donors (Lipinski definition) is 1. The molecule has 0 atom stereocenters. The Labute approximate surface area is 182 Å². The second-order valence-corrected chi connectivity index (χ2v) is 6.39. The number of nitrogens with zero attached hydrogens (tertiary/aromatic N) is 2. The van der Waals surface area contributed by atoms with Gasteiger partial charge in [-0.25, -0.2) is 0 Å². The Morgan fingerprint density at radius 1 is 1.29 bits per heavy atom. The molecule has 1 aliphatic heterocycles. The molecule has 0 unspecified atom stereocenters. The van der Waals surface area contributed by atoms with Crippen molar-refractivity contribution in [3.63, 3.8) is 0 Å². The summed E-state index contributed by atoms with van der Waals surface area (Å²) in [6, 6.07) is 6.62. The Morgan fingerprint density at radius 3 is 2.57 bits per heavy atom. The zero-order valence-electron chi connectivity index (χ0n) is 16.4.